The maximum atomic E-state index is 11.2. The molecule has 13 nitrogen and oxygen atoms in total. The van der Waals surface area contributed by atoms with Crippen molar-refractivity contribution in [2.75, 3.05) is 31.9 Å². The lowest BCUT2D eigenvalue weighted by atomic mass is 9.85. The maximum absolute atomic E-state index is 11.2. The summed E-state index contributed by atoms with van der Waals surface area (Å²) in [4.78, 5) is 20.5. The lowest BCUT2D eigenvalue weighted by Crippen LogP contribution is -2.43. The Morgan fingerprint density at radius 1 is 0.744 bits per heavy atom. The van der Waals surface area contributed by atoms with Crippen molar-refractivity contribution < 1.29 is 45.2 Å². The van der Waals surface area contributed by atoms with Crippen LogP contribution >= 0.6 is 0 Å². The zero-order valence-electron chi connectivity index (χ0n) is 22.9. The van der Waals surface area contributed by atoms with Gasteiger partial charge in [0, 0.05) is 43.1 Å². The fraction of sp³-hybridized carbons (Fsp3) is 0.957. The monoisotopic (exact) mass is 620 g/mol. The number of sulfone groups is 3. The van der Waals surface area contributed by atoms with Gasteiger partial charge in [0.15, 0.2) is 0 Å². The molecule has 0 amide bonds. The number of hydrogen-bond acceptors (Lipinski definition) is 12. The molecule has 0 saturated heterocycles. The van der Waals surface area contributed by atoms with E-state index >= 15 is 0 Å². The maximum Gasteiger partial charge on any atom is 0.232 e. The zero-order valence-corrected chi connectivity index (χ0v) is 25.4. The summed E-state index contributed by atoms with van der Waals surface area (Å²) in [6.45, 7) is -0.271. The standard InChI is InChI=1S/C8H15NO5S.C8H17NO3S.C7H12O3S/c1-15(13,14)7-2-4-8(10,5-3-7)6-9(11)12;1-13(11,12)7-2-4-8(10,6-9)5-3-7;1-11(9,10)7-4-2-6(8)3-5-7/h7,10H,2-6H2,1H3;7,10H,2-6,9H2,1H3;7H,2-5H2,1H3. The van der Waals surface area contributed by atoms with Gasteiger partial charge in [-0.1, -0.05) is 0 Å². The van der Waals surface area contributed by atoms with E-state index in [-0.39, 0.29) is 35.7 Å². The second-order valence-corrected chi connectivity index (χ2v) is 18.2. The second kappa shape index (κ2) is 14.1. The van der Waals surface area contributed by atoms with E-state index in [0.29, 0.717) is 64.2 Å². The summed E-state index contributed by atoms with van der Waals surface area (Å²) in [6.07, 6.45) is 8.66. The topological polar surface area (TPSA) is 229 Å². The van der Waals surface area contributed by atoms with Crippen molar-refractivity contribution in [2.45, 2.75) is 104 Å². The van der Waals surface area contributed by atoms with Gasteiger partial charge in [-0.2, -0.15) is 0 Å². The van der Waals surface area contributed by atoms with Gasteiger partial charge in [-0.05, 0) is 64.2 Å². The third-order valence-electron chi connectivity index (χ3n) is 7.84. The van der Waals surface area contributed by atoms with Crippen LogP contribution in [0.3, 0.4) is 0 Å². The molecule has 0 unspecified atom stereocenters. The highest BCUT2D eigenvalue weighted by atomic mass is 32.2. The Kier molecular flexibility index (Phi) is 13.0. The molecule has 3 rings (SSSR count). The normalized spacial score (nSPS) is 30.8. The van der Waals surface area contributed by atoms with E-state index in [1.165, 1.54) is 12.5 Å². The molecule has 230 valence electrons. The highest BCUT2D eigenvalue weighted by Crippen LogP contribution is 2.32. The van der Waals surface area contributed by atoms with Gasteiger partial charge in [0.1, 0.15) is 40.9 Å². The van der Waals surface area contributed by atoms with Crippen molar-refractivity contribution in [1.82, 2.24) is 0 Å². The van der Waals surface area contributed by atoms with Crippen LogP contribution in [-0.2, 0) is 34.3 Å². The molecule has 0 atom stereocenters. The van der Waals surface area contributed by atoms with Crippen molar-refractivity contribution in [3.05, 3.63) is 10.1 Å². The second-order valence-electron chi connectivity index (χ2n) is 11.3. The molecule has 0 radical (unpaired) electrons. The molecule has 16 heteroatoms. The Morgan fingerprint density at radius 3 is 1.33 bits per heavy atom. The van der Waals surface area contributed by atoms with Crippen LogP contribution in [0.2, 0.25) is 0 Å². The largest absolute Gasteiger partial charge is 0.389 e. The van der Waals surface area contributed by atoms with Gasteiger partial charge >= 0.3 is 0 Å². The van der Waals surface area contributed by atoms with Gasteiger partial charge in [0.05, 0.1) is 21.4 Å². The molecule has 3 aliphatic rings. The molecule has 3 aliphatic carbocycles. The van der Waals surface area contributed by atoms with Crippen LogP contribution < -0.4 is 5.73 Å². The smallest absolute Gasteiger partial charge is 0.232 e. The fourth-order valence-corrected chi connectivity index (χ4v) is 8.33. The molecule has 0 bridgehead atoms. The lowest BCUT2D eigenvalue weighted by molar-refractivity contribution is -0.502. The first-order valence-electron chi connectivity index (χ1n) is 13.0. The number of rotatable bonds is 6. The molecular formula is C23H44N2O11S3. The molecule has 0 aromatic carbocycles. The Bertz CT molecular complexity index is 1140. The van der Waals surface area contributed by atoms with Gasteiger partial charge in [-0.25, -0.2) is 25.3 Å². The van der Waals surface area contributed by atoms with E-state index in [1.807, 2.05) is 0 Å². The molecule has 0 aliphatic heterocycles. The van der Waals surface area contributed by atoms with E-state index in [0.717, 1.165) is 6.26 Å². The average molecular weight is 621 g/mol. The van der Waals surface area contributed by atoms with Crippen LogP contribution in [0.4, 0.5) is 0 Å². The first-order valence-corrected chi connectivity index (χ1v) is 18.8. The summed E-state index contributed by atoms with van der Waals surface area (Å²) in [7, 11) is -8.92. The van der Waals surface area contributed by atoms with Crippen LogP contribution in [-0.4, -0.2) is 105 Å². The predicted molar refractivity (Wildman–Crippen MR) is 147 cm³/mol. The van der Waals surface area contributed by atoms with Crippen LogP contribution in [0, 0.1) is 10.1 Å². The summed E-state index contributed by atoms with van der Waals surface area (Å²) in [5.41, 5.74) is 3.26. The van der Waals surface area contributed by atoms with Crippen molar-refractivity contribution in [3.8, 4) is 0 Å². The first-order chi connectivity index (χ1) is 17.6. The van der Waals surface area contributed by atoms with E-state index in [2.05, 4.69) is 0 Å². The number of hydrogen-bond donors (Lipinski definition) is 3. The number of ketones is 1. The van der Waals surface area contributed by atoms with Gasteiger partial charge in [-0.3, -0.25) is 14.9 Å². The molecule has 3 fully saturated rings. The van der Waals surface area contributed by atoms with Crippen molar-refractivity contribution in [2.24, 2.45) is 5.73 Å². The molecular weight excluding hydrogens is 576 g/mol. The van der Waals surface area contributed by atoms with Gasteiger partial charge < -0.3 is 15.9 Å². The van der Waals surface area contributed by atoms with E-state index in [4.69, 9.17) is 5.73 Å². The number of nitro groups is 1. The van der Waals surface area contributed by atoms with Gasteiger partial charge in [-0.15, -0.1) is 0 Å². The summed E-state index contributed by atoms with van der Waals surface area (Å²) < 4.78 is 66.7. The highest BCUT2D eigenvalue weighted by Gasteiger charge is 2.40. The minimum Gasteiger partial charge on any atom is -0.389 e. The number of aliphatic hydroxyl groups is 2. The molecule has 0 aromatic rings. The van der Waals surface area contributed by atoms with Crippen LogP contribution in [0.25, 0.3) is 0 Å². The summed E-state index contributed by atoms with van der Waals surface area (Å²) in [6, 6.07) is 0. The Hall–Kier alpha value is -1.20. The number of carbonyl (C=O) groups is 1. The van der Waals surface area contributed by atoms with Crippen LogP contribution in [0.1, 0.15) is 77.0 Å². The van der Waals surface area contributed by atoms with Crippen molar-refractivity contribution in [1.29, 1.82) is 0 Å². The van der Waals surface area contributed by atoms with Gasteiger partial charge in [0.2, 0.25) is 6.54 Å². The number of nitrogens with zero attached hydrogens (tertiary/aromatic N) is 1. The SMILES string of the molecule is CS(=O)(=O)C1CCC(=O)CC1.CS(=O)(=O)C1CCC(O)(CN)CC1.CS(=O)(=O)C1CCC(O)(C[N+](=O)[O-])CC1. The van der Waals surface area contributed by atoms with E-state index < -0.39 is 57.4 Å². The van der Waals surface area contributed by atoms with Crippen LogP contribution in [0.5, 0.6) is 0 Å². The molecule has 0 aromatic heterocycles. The number of carbonyl (C=O) groups excluding carboxylic acids is 1. The van der Waals surface area contributed by atoms with Crippen LogP contribution in [0.15, 0.2) is 0 Å². The Morgan fingerprint density at radius 2 is 1.05 bits per heavy atom. The highest BCUT2D eigenvalue weighted by molar-refractivity contribution is 7.91. The predicted octanol–water partition coefficient (Wildman–Crippen LogP) is 0.188. The van der Waals surface area contributed by atoms with E-state index in [1.54, 1.807) is 0 Å². The van der Waals surface area contributed by atoms with Crippen molar-refractivity contribution in [3.63, 3.8) is 0 Å². The van der Waals surface area contributed by atoms with Crippen molar-refractivity contribution >= 4 is 35.3 Å². The first kappa shape index (κ1) is 35.8. The quantitative estimate of drug-likeness (QED) is 0.267. The lowest BCUT2D eigenvalue weighted by Gasteiger charge is -2.34. The third-order valence-corrected chi connectivity index (χ3v) is 12.9. The molecule has 4 N–H and O–H groups in total. The molecule has 0 spiro atoms. The average Bonchev–Trinajstić information content (AvgIpc) is 2.78. The Labute approximate surface area is 231 Å². The van der Waals surface area contributed by atoms with Gasteiger partial charge in [0.25, 0.3) is 0 Å². The van der Waals surface area contributed by atoms with E-state index in [9.17, 15) is 50.4 Å². The minimum absolute atomic E-state index is 0.186. The number of nitrogens with two attached hydrogens (primary N) is 1. The molecule has 39 heavy (non-hydrogen) atoms. The molecule has 3 saturated carbocycles. The summed E-state index contributed by atoms with van der Waals surface area (Å²) >= 11 is 0. The fourth-order valence-electron chi connectivity index (χ4n) is 5.06. The zero-order chi connectivity index (χ0) is 30.3. The molecule has 0 heterocycles. The summed E-state index contributed by atoms with van der Waals surface area (Å²) in [5.74, 6) is 0.199. The number of Topliss-reactive ketones (excluding diaryl/α,β-unsaturated/α-hetero) is 1. The summed E-state index contributed by atoms with van der Waals surface area (Å²) in [5, 5.41) is 28.8. The minimum atomic E-state index is -3.09. The third kappa shape index (κ3) is 12.9. The Balaban J connectivity index is 0.000000296.